The van der Waals surface area contributed by atoms with Crippen LogP contribution in [0.1, 0.15) is 12.8 Å². The molecule has 2 atom stereocenters. The first kappa shape index (κ1) is 9.26. The molecule has 2 heterocycles. The first-order chi connectivity index (χ1) is 4.83. The number of halogens is 1. The zero-order valence-electron chi connectivity index (χ0n) is 6.47. The Balaban J connectivity index is 0.000000605. The first-order valence-electron chi connectivity index (χ1n) is 3.97. The van der Waals surface area contributed by atoms with E-state index in [1.165, 1.54) is 0 Å². The molecular weight excluding hydrogens is 164 g/mol. The maximum Gasteiger partial charge on any atom is 0.0746 e. The molecule has 11 heavy (non-hydrogen) atoms. The highest BCUT2D eigenvalue weighted by molar-refractivity contribution is 5.85. The fourth-order valence-corrected chi connectivity index (χ4v) is 2.00. The highest BCUT2D eigenvalue weighted by Gasteiger charge is 2.43. The summed E-state index contributed by atoms with van der Waals surface area (Å²) in [6.45, 7) is 2.96. The molecule has 4 heteroatoms. The van der Waals surface area contributed by atoms with E-state index >= 15 is 0 Å². The van der Waals surface area contributed by atoms with Crippen molar-refractivity contribution in [2.45, 2.75) is 24.5 Å². The molecule has 3 N–H and O–H groups in total. The second-order valence-electron chi connectivity index (χ2n) is 3.31. The molecule has 66 valence electrons. The maximum atomic E-state index is 9.58. The van der Waals surface area contributed by atoms with Gasteiger partial charge in [0.1, 0.15) is 0 Å². The Morgan fingerprint density at radius 1 is 1.36 bits per heavy atom. The average molecular weight is 179 g/mol. The van der Waals surface area contributed by atoms with Crippen LogP contribution in [0.5, 0.6) is 0 Å². The summed E-state index contributed by atoms with van der Waals surface area (Å²) in [5.74, 6) is 0. The predicted octanol–water partition coefficient (Wildman–Crippen LogP) is -0.505. The minimum Gasteiger partial charge on any atom is -0.391 e. The van der Waals surface area contributed by atoms with Gasteiger partial charge >= 0.3 is 0 Å². The predicted molar refractivity (Wildman–Crippen MR) is 46.1 cm³/mol. The van der Waals surface area contributed by atoms with Gasteiger partial charge in [-0.25, -0.2) is 0 Å². The Morgan fingerprint density at radius 3 is 2.64 bits per heavy atom. The quantitative estimate of drug-likeness (QED) is 0.469. The fourth-order valence-electron chi connectivity index (χ4n) is 2.00. The van der Waals surface area contributed by atoms with Crippen molar-refractivity contribution in [3.05, 3.63) is 0 Å². The molecule has 0 aromatic carbocycles. The number of aliphatic hydroxyl groups excluding tert-OH is 1. The number of hydrogen-bond donors (Lipinski definition) is 3. The Morgan fingerprint density at radius 2 is 2.18 bits per heavy atom. The zero-order valence-corrected chi connectivity index (χ0v) is 7.28. The molecule has 2 saturated heterocycles. The largest absolute Gasteiger partial charge is 0.391 e. The van der Waals surface area contributed by atoms with E-state index in [9.17, 15) is 5.11 Å². The van der Waals surface area contributed by atoms with Gasteiger partial charge in [0.05, 0.1) is 11.6 Å². The summed E-state index contributed by atoms with van der Waals surface area (Å²) in [5.41, 5.74) is 0.0417. The maximum absolute atomic E-state index is 9.58. The summed E-state index contributed by atoms with van der Waals surface area (Å²) in [7, 11) is 0. The summed E-state index contributed by atoms with van der Waals surface area (Å²) < 4.78 is 0. The van der Waals surface area contributed by atoms with Crippen molar-refractivity contribution >= 4 is 12.4 Å². The lowest BCUT2D eigenvalue weighted by molar-refractivity contribution is 0.108. The second kappa shape index (κ2) is 3.27. The molecular formula is C7H15ClN2O. The Hall–Kier alpha value is 0.170. The van der Waals surface area contributed by atoms with Crippen LogP contribution in [0.25, 0.3) is 0 Å². The molecule has 2 rings (SSSR count). The molecule has 0 bridgehead atoms. The van der Waals surface area contributed by atoms with E-state index in [0.717, 1.165) is 32.5 Å². The molecule has 2 unspecified atom stereocenters. The summed E-state index contributed by atoms with van der Waals surface area (Å²) >= 11 is 0. The van der Waals surface area contributed by atoms with Gasteiger partial charge < -0.3 is 15.7 Å². The van der Waals surface area contributed by atoms with Crippen LogP contribution in [0.15, 0.2) is 0 Å². The Kier molecular flexibility index (Phi) is 2.75. The van der Waals surface area contributed by atoms with Crippen LogP contribution in [0.4, 0.5) is 0 Å². The summed E-state index contributed by atoms with van der Waals surface area (Å²) in [6, 6.07) is 0. The zero-order chi connectivity index (χ0) is 7.03. The van der Waals surface area contributed by atoms with E-state index in [-0.39, 0.29) is 24.0 Å². The van der Waals surface area contributed by atoms with Crippen molar-refractivity contribution in [3.8, 4) is 0 Å². The van der Waals surface area contributed by atoms with Crippen LogP contribution < -0.4 is 10.6 Å². The third-order valence-corrected chi connectivity index (χ3v) is 2.72. The summed E-state index contributed by atoms with van der Waals surface area (Å²) in [5, 5.41) is 16.2. The molecule has 2 fully saturated rings. The molecule has 1 spiro atoms. The van der Waals surface area contributed by atoms with Crippen molar-refractivity contribution in [3.63, 3.8) is 0 Å². The van der Waals surface area contributed by atoms with Gasteiger partial charge in [-0.15, -0.1) is 12.4 Å². The van der Waals surface area contributed by atoms with Crippen molar-refractivity contribution in [2.24, 2.45) is 0 Å². The molecule has 0 aromatic rings. The van der Waals surface area contributed by atoms with Gasteiger partial charge in [-0.1, -0.05) is 0 Å². The van der Waals surface area contributed by atoms with E-state index in [1.807, 2.05) is 0 Å². The van der Waals surface area contributed by atoms with Gasteiger partial charge in [0, 0.05) is 6.54 Å². The topological polar surface area (TPSA) is 44.3 Å². The monoisotopic (exact) mass is 178 g/mol. The molecule has 3 nitrogen and oxygen atoms in total. The van der Waals surface area contributed by atoms with Crippen molar-refractivity contribution in [2.75, 3.05) is 19.6 Å². The third kappa shape index (κ3) is 1.38. The molecule has 0 radical (unpaired) electrons. The number of hydrogen-bond acceptors (Lipinski definition) is 3. The molecule has 0 saturated carbocycles. The fraction of sp³-hybridized carbons (Fsp3) is 1.00. The van der Waals surface area contributed by atoms with E-state index in [4.69, 9.17) is 0 Å². The SMILES string of the molecule is Cl.OC1CCNC12CCNC2. The van der Waals surface area contributed by atoms with E-state index < -0.39 is 0 Å². The molecule has 0 amide bonds. The smallest absolute Gasteiger partial charge is 0.0746 e. The number of nitrogens with one attached hydrogen (secondary N) is 2. The van der Waals surface area contributed by atoms with Gasteiger partial charge in [0.2, 0.25) is 0 Å². The van der Waals surface area contributed by atoms with Crippen LogP contribution >= 0.6 is 12.4 Å². The van der Waals surface area contributed by atoms with Crippen LogP contribution in [0.2, 0.25) is 0 Å². The normalized spacial score (nSPS) is 42.8. The number of aliphatic hydroxyl groups is 1. The minimum absolute atomic E-state index is 0. The van der Waals surface area contributed by atoms with Crippen LogP contribution in [-0.2, 0) is 0 Å². The van der Waals surface area contributed by atoms with Crippen LogP contribution in [-0.4, -0.2) is 36.4 Å². The van der Waals surface area contributed by atoms with E-state index in [0.29, 0.717) is 0 Å². The lowest BCUT2D eigenvalue weighted by atomic mass is 9.94. The molecule has 2 aliphatic rings. The highest BCUT2D eigenvalue weighted by Crippen LogP contribution is 2.25. The Labute approximate surface area is 73.0 Å². The van der Waals surface area contributed by atoms with E-state index in [1.54, 1.807) is 0 Å². The van der Waals surface area contributed by atoms with Crippen molar-refractivity contribution in [1.29, 1.82) is 0 Å². The second-order valence-corrected chi connectivity index (χ2v) is 3.31. The van der Waals surface area contributed by atoms with Gasteiger partial charge in [-0.2, -0.15) is 0 Å². The van der Waals surface area contributed by atoms with Crippen molar-refractivity contribution in [1.82, 2.24) is 10.6 Å². The standard InChI is InChI=1S/C7H14N2O.ClH/c10-6-1-3-9-7(6)2-4-8-5-7;/h6,8-10H,1-5H2;1H. The molecule has 0 aliphatic carbocycles. The van der Waals surface area contributed by atoms with Crippen LogP contribution in [0, 0.1) is 0 Å². The Bertz CT molecular complexity index is 131. The van der Waals surface area contributed by atoms with Crippen LogP contribution in [0.3, 0.4) is 0 Å². The third-order valence-electron chi connectivity index (χ3n) is 2.72. The summed E-state index contributed by atoms with van der Waals surface area (Å²) in [4.78, 5) is 0. The minimum atomic E-state index is -0.123. The molecule has 2 aliphatic heterocycles. The lowest BCUT2D eigenvalue weighted by Gasteiger charge is -2.26. The lowest BCUT2D eigenvalue weighted by Crippen LogP contribution is -2.49. The highest BCUT2D eigenvalue weighted by atomic mass is 35.5. The van der Waals surface area contributed by atoms with Crippen molar-refractivity contribution < 1.29 is 5.11 Å². The summed E-state index contributed by atoms with van der Waals surface area (Å²) in [6.07, 6.45) is 1.87. The first-order valence-corrected chi connectivity index (χ1v) is 3.97. The van der Waals surface area contributed by atoms with E-state index in [2.05, 4.69) is 10.6 Å². The average Bonchev–Trinajstić information content (AvgIpc) is 2.48. The number of rotatable bonds is 0. The van der Waals surface area contributed by atoms with Gasteiger partial charge in [-0.3, -0.25) is 0 Å². The molecule has 0 aromatic heterocycles. The van der Waals surface area contributed by atoms with Gasteiger partial charge in [0.15, 0.2) is 0 Å². The van der Waals surface area contributed by atoms with Gasteiger partial charge in [0.25, 0.3) is 0 Å². The van der Waals surface area contributed by atoms with Gasteiger partial charge in [-0.05, 0) is 25.9 Å².